The third-order valence-corrected chi connectivity index (χ3v) is 7.82. The molecule has 0 saturated heterocycles. The number of sulfonamides is 1. The summed E-state index contributed by atoms with van der Waals surface area (Å²) in [5, 5.41) is 22.5. The van der Waals surface area contributed by atoms with Crippen LogP contribution in [0, 0.1) is 5.92 Å². The molecule has 3 rings (SSSR count). The molecule has 2 atom stereocenters. The maximum Gasteiger partial charge on any atom is 0.434 e. The SMILES string of the molecule is COc1ccc(S(=O)(=O)N(CC(C)C)C[C@@H](O)C(Cc2ccccc2)N(O)C(=O)OCc2cccnc2)cc1. The fourth-order valence-corrected chi connectivity index (χ4v) is 5.60. The molecule has 0 radical (unpaired) electrons. The number of amides is 1. The van der Waals surface area contributed by atoms with Gasteiger partial charge in [-0.1, -0.05) is 50.2 Å². The minimum atomic E-state index is -4.02. The fraction of sp³-hybridized carbons (Fsp3) is 0.357. The molecule has 1 heterocycles. The van der Waals surface area contributed by atoms with Gasteiger partial charge in [0.05, 0.1) is 24.2 Å². The van der Waals surface area contributed by atoms with Crippen molar-refractivity contribution in [1.82, 2.24) is 14.4 Å². The molecule has 1 unspecified atom stereocenters. The van der Waals surface area contributed by atoms with Gasteiger partial charge < -0.3 is 14.6 Å². The predicted molar refractivity (Wildman–Crippen MR) is 145 cm³/mol. The second kappa shape index (κ2) is 14.0. The number of hydrogen-bond acceptors (Lipinski definition) is 8. The Balaban J connectivity index is 1.84. The first-order valence-corrected chi connectivity index (χ1v) is 14.0. The summed E-state index contributed by atoms with van der Waals surface area (Å²) < 4.78 is 38.6. The van der Waals surface area contributed by atoms with Gasteiger partial charge in [0.15, 0.2) is 0 Å². The molecule has 0 aliphatic heterocycles. The number of hydrogen-bond donors (Lipinski definition) is 2. The zero-order valence-electron chi connectivity index (χ0n) is 22.3. The number of rotatable bonds is 13. The van der Waals surface area contributed by atoms with Crippen LogP contribution in [0.5, 0.6) is 5.75 Å². The molecule has 1 aromatic heterocycles. The molecule has 0 spiro atoms. The predicted octanol–water partition coefficient (Wildman–Crippen LogP) is 3.74. The lowest BCUT2D eigenvalue weighted by Gasteiger charge is -2.33. The van der Waals surface area contributed by atoms with Gasteiger partial charge in [0, 0.05) is 31.0 Å². The van der Waals surface area contributed by atoms with E-state index in [0.29, 0.717) is 16.4 Å². The smallest absolute Gasteiger partial charge is 0.434 e. The number of carbonyl (C=O) groups is 1. The molecular formula is C28H35N3O7S. The van der Waals surface area contributed by atoms with Crippen molar-refractivity contribution in [2.24, 2.45) is 5.92 Å². The Morgan fingerprint density at radius 1 is 0.974 bits per heavy atom. The van der Waals surface area contributed by atoms with E-state index in [9.17, 15) is 23.5 Å². The van der Waals surface area contributed by atoms with E-state index in [4.69, 9.17) is 9.47 Å². The minimum Gasteiger partial charge on any atom is -0.497 e. The Labute approximate surface area is 229 Å². The van der Waals surface area contributed by atoms with Gasteiger partial charge in [-0.25, -0.2) is 13.2 Å². The highest BCUT2D eigenvalue weighted by molar-refractivity contribution is 7.89. The number of aromatic nitrogens is 1. The molecule has 3 aromatic rings. The number of hydroxylamine groups is 2. The molecule has 0 aliphatic carbocycles. The first kappa shape index (κ1) is 30.0. The van der Waals surface area contributed by atoms with Gasteiger partial charge in [0.1, 0.15) is 12.4 Å². The topological polar surface area (TPSA) is 130 Å². The highest BCUT2D eigenvalue weighted by Gasteiger charge is 2.35. The molecule has 210 valence electrons. The average molecular weight is 558 g/mol. The molecule has 2 N–H and O–H groups in total. The van der Waals surface area contributed by atoms with Gasteiger partial charge in [-0.05, 0) is 48.2 Å². The number of aliphatic hydroxyl groups excluding tert-OH is 1. The lowest BCUT2D eigenvalue weighted by atomic mass is 10.0. The number of ether oxygens (including phenoxy) is 2. The van der Waals surface area contributed by atoms with Crippen LogP contribution in [0.4, 0.5) is 4.79 Å². The summed E-state index contributed by atoms with van der Waals surface area (Å²) >= 11 is 0. The lowest BCUT2D eigenvalue weighted by molar-refractivity contribution is -0.134. The van der Waals surface area contributed by atoms with Crippen molar-refractivity contribution in [1.29, 1.82) is 0 Å². The zero-order valence-corrected chi connectivity index (χ0v) is 23.1. The van der Waals surface area contributed by atoms with Crippen molar-refractivity contribution >= 4 is 16.1 Å². The molecule has 0 saturated carbocycles. The Morgan fingerprint density at radius 3 is 2.23 bits per heavy atom. The zero-order chi connectivity index (χ0) is 28.4. The third-order valence-electron chi connectivity index (χ3n) is 5.97. The largest absolute Gasteiger partial charge is 0.497 e. The standard InChI is InChI=1S/C28H35N3O7S/c1-21(2)18-30(39(35,36)25-13-11-24(37-3)12-14-25)19-27(32)26(16-22-8-5-4-6-9-22)31(34)28(33)38-20-23-10-7-15-29-17-23/h4-15,17,21,26-27,32,34H,16,18-20H2,1-3H3/t26?,27-/m1/s1. The highest BCUT2D eigenvalue weighted by Crippen LogP contribution is 2.23. The lowest BCUT2D eigenvalue weighted by Crippen LogP contribution is -2.52. The van der Waals surface area contributed by atoms with Crippen molar-refractivity contribution in [3.05, 3.63) is 90.3 Å². The summed E-state index contributed by atoms with van der Waals surface area (Å²) in [5.74, 6) is 0.445. The van der Waals surface area contributed by atoms with E-state index >= 15 is 0 Å². The van der Waals surface area contributed by atoms with E-state index in [-0.39, 0.29) is 36.9 Å². The third kappa shape index (κ3) is 8.49. The molecule has 11 heteroatoms. The van der Waals surface area contributed by atoms with E-state index in [1.54, 1.807) is 54.7 Å². The van der Waals surface area contributed by atoms with Crippen molar-refractivity contribution < 1.29 is 33.0 Å². The Hall–Kier alpha value is -3.51. The molecule has 39 heavy (non-hydrogen) atoms. The van der Waals surface area contributed by atoms with Gasteiger partial charge in [-0.15, -0.1) is 0 Å². The number of aliphatic hydroxyl groups is 1. The van der Waals surface area contributed by atoms with Crippen molar-refractivity contribution in [2.45, 2.75) is 43.9 Å². The van der Waals surface area contributed by atoms with Crippen LogP contribution in [0.2, 0.25) is 0 Å². The molecule has 0 bridgehead atoms. The van der Waals surface area contributed by atoms with Crippen molar-refractivity contribution in [2.75, 3.05) is 20.2 Å². The Bertz CT molecular complexity index is 1270. The van der Waals surface area contributed by atoms with E-state index in [1.165, 1.54) is 25.4 Å². The summed E-state index contributed by atoms with van der Waals surface area (Å²) in [5.41, 5.74) is 1.35. The number of benzene rings is 2. The second-order valence-electron chi connectivity index (χ2n) is 9.48. The normalized spacial score (nSPS) is 13.2. The van der Waals surface area contributed by atoms with Crippen LogP contribution < -0.4 is 4.74 Å². The number of nitrogens with zero attached hydrogens (tertiary/aromatic N) is 3. The molecule has 0 aliphatic rings. The number of carbonyl (C=O) groups excluding carboxylic acids is 1. The summed E-state index contributed by atoms with van der Waals surface area (Å²) in [6, 6.07) is 17.1. The molecule has 2 aromatic carbocycles. The molecule has 10 nitrogen and oxygen atoms in total. The Morgan fingerprint density at radius 2 is 1.64 bits per heavy atom. The van der Waals surface area contributed by atoms with Crippen LogP contribution in [0.3, 0.4) is 0 Å². The van der Waals surface area contributed by atoms with Crippen LogP contribution in [-0.4, -0.2) is 71.5 Å². The fourth-order valence-electron chi connectivity index (χ4n) is 3.98. The van der Waals surface area contributed by atoms with E-state index < -0.39 is 28.3 Å². The maximum atomic E-state index is 13.5. The molecule has 1 amide bonds. The summed E-state index contributed by atoms with van der Waals surface area (Å²) in [4.78, 5) is 16.8. The van der Waals surface area contributed by atoms with Gasteiger partial charge in [0.2, 0.25) is 10.0 Å². The van der Waals surface area contributed by atoms with E-state index in [2.05, 4.69) is 4.98 Å². The summed E-state index contributed by atoms with van der Waals surface area (Å²) in [6.45, 7) is 3.33. The first-order valence-electron chi connectivity index (χ1n) is 12.5. The first-order chi connectivity index (χ1) is 18.6. The monoisotopic (exact) mass is 557 g/mol. The minimum absolute atomic E-state index is 0.0347. The maximum absolute atomic E-state index is 13.5. The molecular weight excluding hydrogens is 522 g/mol. The van der Waals surface area contributed by atoms with Crippen LogP contribution in [0.1, 0.15) is 25.0 Å². The van der Waals surface area contributed by atoms with Gasteiger partial charge in [0.25, 0.3) is 0 Å². The van der Waals surface area contributed by atoms with Crippen LogP contribution >= 0.6 is 0 Å². The second-order valence-corrected chi connectivity index (χ2v) is 11.4. The van der Waals surface area contributed by atoms with E-state index in [0.717, 1.165) is 9.87 Å². The van der Waals surface area contributed by atoms with Gasteiger partial charge in [-0.3, -0.25) is 10.2 Å². The van der Waals surface area contributed by atoms with Crippen LogP contribution in [-0.2, 0) is 27.8 Å². The summed E-state index contributed by atoms with van der Waals surface area (Å²) in [7, 11) is -2.53. The number of methoxy groups -OCH3 is 1. The van der Waals surface area contributed by atoms with Gasteiger partial charge in [-0.2, -0.15) is 9.37 Å². The summed E-state index contributed by atoms with van der Waals surface area (Å²) in [6.07, 6.45) is 0.636. The Kier molecular flexibility index (Phi) is 10.8. The average Bonchev–Trinajstić information content (AvgIpc) is 2.94. The van der Waals surface area contributed by atoms with Gasteiger partial charge >= 0.3 is 6.09 Å². The quantitative estimate of drug-likeness (QED) is 0.240. The highest BCUT2D eigenvalue weighted by atomic mass is 32.2. The number of pyridine rings is 1. The molecule has 0 fully saturated rings. The van der Waals surface area contributed by atoms with Crippen molar-refractivity contribution in [3.63, 3.8) is 0 Å². The van der Waals surface area contributed by atoms with E-state index in [1.807, 2.05) is 19.9 Å². The van der Waals surface area contributed by atoms with Crippen LogP contribution in [0.15, 0.2) is 84.0 Å². The van der Waals surface area contributed by atoms with Crippen LogP contribution in [0.25, 0.3) is 0 Å². The van der Waals surface area contributed by atoms with Crippen molar-refractivity contribution in [3.8, 4) is 5.75 Å².